The molecule has 24 heavy (non-hydrogen) atoms. The van der Waals surface area contributed by atoms with Crippen LogP contribution in [0.5, 0.6) is 0 Å². The lowest BCUT2D eigenvalue weighted by Gasteiger charge is -2.21. The molecule has 2 aromatic heterocycles. The van der Waals surface area contributed by atoms with Gasteiger partial charge < -0.3 is 10.6 Å². The van der Waals surface area contributed by atoms with Crippen LogP contribution in [-0.2, 0) is 6.54 Å². The summed E-state index contributed by atoms with van der Waals surface area (Å²) in [4.78, 5) is 10.6. The predicted molar refractivity (Wildman–Crippen MR) is 102 cm³/mol. The van der Waals surface area contributed by atoms with Crippen LogP contribution in [0.25, 0.3) is 11.3 Å². The van der Waals surface area contributed by atoms with Gasteiger partial charge in [-0.05, 0) is 32.2 Å². The number of thiophene rings is 1. The molecular formula is C19H22N4S. The van der Waals surface area contributed by atoms with Crippen molar-refractivity contribution in [1.29, 1.82) is 0 Å². The van der Waals surface area contributed by atoms with Crippen molar-refractivity contribution in [3.8, 4) is 11.3 Å². The van der Waals surface area contributed by atoms with Crippen LogP contribution in [0.2, 0.25) is 0 Å². The van der Waals surface area contributed by atoms with Crippen LogP contribution in [-0.4, -0.2) is 15.5 Å². The number of nitrogens with one attached hydrogen (secondary N) is 2. The Morgan fingerprint density at radius 1 is 1.00 bits per heavy atom. The molecule has 2 heterocycles. The quantitative estimate of drug-likeness (QED) is 0.685. The molecule has 0 spiro atoms. The van der Waals surface area contributed by atoms with Crippen molar-refractivity contribution in [2.45, 2.75) is 32.9 Å². The summed E-state index contributed by atoms with van der Waals surface area (Å²) < 4.78 is 0. The van der Waals surface area contributed by atoms with Gasteiger partial charge in [-0.2, -0.15) is 4.98 Å². The number of nitrogens with zero attached hydrogens (tertiary/aromatic N) is 2. The summed E-state index contributed by atoms with van der Waals surface area (Å²) >= 11 is 1.74. The van der Waals surface area contributed by atoms with Crippen LogP contribution in [0.4, 0.5) is 11.8 Å². The van der Waals surface area contributed by atoms with E-state index >= 15 is 0 Å². The SMILES string of the molecule is CC(C)(C)Nc1nc(NCc2cccs2)cc(-c2ccccc2)n1. The van der Waals surface area contributed by atoms with E-state index < -0.39 is 0 Å². The molecule has 0 fully saturated rings. The molecule has 0 atom stereocenters. The zero-order chi connectivity index (χ0) is 17.0. The molecule has 0 bridgehead atoms. The molecule has 0 aliphatic heterocycles. The van der Waals surface area contributed by atoms with Crippen LogP contribution in [0, 0.1) is 0 Å². The van der Waals surface area contributed by atoms with Gasteiger partial charge in [0, 0.05) is 22.0 Å². The van der Waals surface area contributed by atoms with Crippen molar-refractivity contribution >= 4 is 23.1 Å². The number of hydrogen-bond acceptors (Lipinski definition) is 5. The average Bonchev–Trinajstić information content (AvgIpc) is 3.05. The molecule has 2 N–H and O–H groups in total. The van der Waals surface area contributed by atoms with Crippen LogP contribution in [0.3, 0.4) is 0 Å². The Balaban J connectivity index is 1.90. The maximum Gasteiger partial charge on any atom is 0.225 e. The van der Waals surface area contributed by atoms with Gasteiger partial charge in [0.1, 0.15) is 5.82 Å². The molecule has 0 saturated carbocycles. The summed E-state index contributed by atoms with van der Waals surface area (Å²) in [6, 6.07) is 16.3. The molecule has 0 aliphatic rings. The zero-order valence-electron chi connectivity index (χ0n) is 14.2. The number of anilines is 2. The van der Waals surface area contributed by atoms with Gasteiger partial charge in [-0.3, -0.25) is 0 Å². The van der Waals surface area contributed by atoms with Gasteiger partial charge in [-0.15, -0.1) is 11.3 Å². The molecule has 0 unspecified atom stereocenters. The summed E-state index contributed by atoms with van der Waals surface area (Å²) in [7, 11) is 0. The van der Waals surface area contributed by atoms with Crippen molar-refractivity contribution < 1.29 is 0 Å². The van der Waals surface area contributed by atoms with Gasteiger partial charge in [0.2, 0.25) is 5.95 Å². The van der Waals surface area contributed by atoms with Gasteiger partial charge >= 0.3 is 0 Å². The molecule has 4 nitrogen and oxygen atoms in total. The topological polar surface area (TPSA) is 49.8 Å². The molecule has 3 aromatic rings. The fourth-order valence-corrected chi connectivity index (χ4v) is 2.92. The fraction of sp³-hybridized carbons (Fsp3) is 0.263. The highest BCUT2D eigenvalue weighted by Crippen LogP contribution is 2.23. The van der Waals surface area contributed by atoms with Gasteiger partial charge in [0.15, 0.2) is 0 Å². The average molecular weight is 338 g/mol. The predicted octanol–water partition coefficient (Wildman–Crippen LogP) is 5.03. The highest BCUT2D eigenvalue weighted by atomic mass is 32.1. The Kier molecular flexibility index (Phi) is 4.81. The second kappa shape index (κ2) is 7.01. The zero-order valence-corrected chi connectivity index (χ0v) is 15.0. The lowest BCUT2D eigenvalue weighted by molar-refractivity contribution is 0.626. The van der Waals surface area contributed by atoms with E-state index in [1.54, 1.807) is 11.3 Å². The summed E-state index contributed by atoms with van der Waals surface area (Å²) in [6.45, 7) is 7.07. The minimum atomic E-state index is -0.0969. The normalized spacial score (nSPS) is 11.3. The van der Waals surface area contributed by atoms with E-state index in [-0.39, 0.29) is 5.54 Å². The van der Waals surface area contributed by atoms with E-state index in [0.29, 0.717) is 5.95 Å². The minimum absolute atomic E-state index is 0.0969. The molecular weight excluding hydrogens is 316 g/mol. The first-order chi connectivity index (χ1) is 11.5. The first-order valence-electron chi connectivity index (χ1n) is 7.98. The van der Waals surface area contributed by atoms with Crippen LogP contribution in [0.15, 0.2) is 53.9 Å². The smallest absolute Gasteiger partial charge is 0.225 e. The molecule has 124 valence electrons. The molecule has 0 aliphatic carbocycles. The van der Waals surface area contributed by atoms with Crippen molar-refractivity contribution in [1.82, 2.24) is 9.97 Å². The Bertz CT molecular complexity index is 777. The fourth-order valence-electron chi connectivity index (χ4n) is 2.28. The molecule has 1 aromatic carbocycles. The van der Waals surface area contributed by atoms with Crippen LogP contribution < -0.4 is 10.6 Å². The third kappa shape index (κ3) is 4.55. The van der Waals surface area contributed by atoms with E-state index in [0.717, 1.165) is 23.6 Å². The maximum absolute atomic E-state index is 4.67. The van der Waals surface area contributed by atoms with E-state index in [1.807, 2.05) is 24.3 Å². The second-order valence-electron chi connectivity index (χ2n) is 6.64. The molecule has 5 heteroatoms. The maximum atomic E-state index is 4.67. The number of aromatic nitrogens is 2. The third-order valence-electron chi connectivity index (χ3n) is 3.31. The Hall–Kier alpha value is -2.40. The van der Waals surface area contributed by atoms with Gasteiger partial charge in [-0.25, -0.2) is 4.98 Å². The minimum Gasteiger partial charge on any atom is -0.365 e. The molecule has 0 saturated heterocycles. The highest BCUT2D eigenvalue weighted by Gasteiger charge is 2.13. The monoisotopic (exact) mass is 338 g/mol. The largest absolute Gasteiger partial charge is 0.365 e. The molecule has 0 radical (unpaired) electrons. The summed E-state index contributed by atoms with van der Waals surface area (Å²) in [6.07, 6.45) is 0. The first-order valence-corrected chi connectivity index (χ1v) is 8.86. The van der Waals surface area contributed by atoms with Gasteiger partial charge in [0.25, 0.3) is 0 Å². The molecule has 3 rings (SSSR count). The lowest BCUT2D eigenvalue weighted by Crippen LogP contribution is -2.27. The van der Waals surface area contributed by atoms with Gasteiger partial charge in [0.05, 0.1) is 12.2 Å². The van der Waals surface area contributed by atoms with E-state index in [2.05, 4.69) is 71.0 Å². The Labute approximate surface area is 147 Å². The summed E-state index contributed by atoms with van der Waals surface area (Å²) in [5, 5.41) is 8.85. The van der Waals surface area contributed by atoms with E-state index in [9.17, 15) is 0 Å². The number of rotatable bonds is 5. The van der Waals surface area contributed by atoms with Crippen molar-refractivity contribution in [2.75, 3.05) is 10.6 Å². The van der Waals surface area contributed by atoms with Crippen molar-refractivity contribution in [2.24, 2.45) is 0 Å². The Morgan fingerprint density at radius 3 is 2.46 bits per heavy atom. The summed E-state index contributed by atoms with van der Waals surface area (Å²) in [5.41, 5.74) is 1.89. The van der Waals surface area contributed by atoms with E-state index in [4.69, 9.17) is 0 Å². The number of benzene rings is 1. The van der Waals surface area contributed by atoms with Gasteiger partial charge in [-0.1, -0.05) is 36.4 Å². The molecule has 0 amide bonds. The third-order valence-corrected chi connectivity index (χ3v) is 4.18. The Morgan fingerprint density at radius 2 is 1.79 bits per heavy atom. The van der Waals surface area contributed by atoms with Crippen LogP contribution >= 0.6 is 11.3 Å². The second-order valence-corrected chi connectivity index (χ2v) is 7.67. The standard InChI is InChI=1S/C19H22N4S/c1-19(2,3)23-18-21-16(14-8-5-4-6-9-14)12-17(22-18)20-13-15-10-7-11-24-15/h4-12H,13H2,1-3H3,(H2,20,21,22,23). The highest BCUT2D eigenvalue weighted by molar-refractivity contribution is 7.09. The number of hydrogen-bond donors (Lipinski definition) is 2. The first kappa shape index (κ1) is 16.5. The van der Waals surface area contributed by atoms with E-state index in [1.165, 1.54) is 4.88 Å². The van der Waals surface area contributed by atoms with Crippen molar-refractivity contribution in [3.63, 3.8) is 0 Å². The van der Waals surface area contributed by atoms with Crippen LogP contribution in [0.1, 0.15) is 25.6 Å². The van der Waals surface area contributed by atoms with Crippen molar-refractivity contribution in [3.05, 3.63) is 58.8 Å². The lowest BCUT2D eigenvalue weighted by atomic mass is 10.1. The summed E-state index contributed by atoms with van der Waals surface area (Å²) in [5.74, 6) is 1.46.